The maximum absolute atomic E-state index is 14.3. The van der Waals surface area contributed by atoms with Gasteiger partial charge in [0.25, 0.3) is 5.91 Å². The van der Waals surface area contributed by atoms with Gasteiger partial charge in [-0.15, -0.1) is 11.3 Å². The monoisotopic (exact) mass is 827 g/mol. The molecule has 1 aromatic carbocycles. The highest BCUT2D eigenvalue weighted by atomic mass is 32.2. The molecule has 7 rings (SSSR count). The Morgan fingerprint density at radius 1 is 1.11 bits per heavy atom. The molecule has 302 valence electrons. The number of ether oxygens (including phenoxy) is 1. The first-order chi connectivity index (χ1) is 26.3. The molecule has 2 aliphatic heterocycles. The lowest BCUT2D eigenvalue weighted by molar-refractivity contribution is -0.134. The summed E-state index contributed by atoms with van der Waals surface area (Å²) in [6, 6.07) is 3.54. The summed E-state index contributed by atoms with van der Waals surface area (Å²) < 4.78 is 61.1. The first kappa shape index (κ1) is 39.9. The van der Waals surface area contributed by atoms with E-state index in [0.29, 0.717) is 65.1 Å². The first-order valence-corrected chi connectivity index (χ1v) is 23.2. The molecule has 15 nitrogen and oxygen atoms in total. The molecular weight excluding hydrogens is 779 g/mol. The summed E-state index contributed by atoms with van der Waals surface area (Å²) in [5.74, 6) is -0.872. The Morgan fingerprint density at radius 3 is 2.54 bits per heavy atom. The average Bonchev–Trinajstić information content (AvgIpc) is 3.89. The number of hydrogen-bond donors (Lipinski definition) is 3. The van der Waals surface area contributed by atoms with Crippen molar-refractivity contribution in [2.45, 2.75) is 101 Å². The van der Waals surface area contributed by atoms with Gasteiger partial charge in [0.05, 0.1) is 45.1 Å². The van der Waals surface area contributed by atoms with Crippen molar-refractivity contribution in [3.63, 3.8) is 0 Å². The molecule has 2 aromatic heterocycles. The molecule has 0 bridgehead atoms. The Balaban J connectivity index is 1.23. The fourth-order valence-corrected chi connectivity index (χ4v) is 10.2. The van der Waals surface area contributed by atoms with Gasteiger partial charge in [-0.05, 0) is 70.1 Å². The number of aromatic nitrogens is 2. The van der Waals surface area contributed by atoms with Crippen LogP contribution in [0.4, 0.5) is 10.5 Å². The molecule has 4 aliphatic rings. The van der Waals surface area contributed by atoms with E-state index >= 15 is 0 Å². The number of nitrogens with zero attached hydrogens (tertiary/aromatic N) is 4. The summed E-state index contributed by atoms with van der Waals surface area (Å²) in [6.45, 7) is 7.94. The second-order valence-electron chi connectivity index (χ2n) is 16.2. The fraction of sp³-hybridized carbons (Fsp3) is 0.553. The normalized spacial score (nSPS) is 25.9. The van der Waals surface area contributed by atoms with Crippen molar-refractivity contribution in [2.75, 3.05) is 31.1 Å². The van der Waals surface area contributed by atoms with Gasteiger partial charge >= 0.3 is 6.03 Å². The van der Waals surface area contributed by atoms with E-state index in [1.165, 1.54) is 16.2 Å². The number of fused-ring (bicyclic) bond motifs is 3. The van der Waals surface area contributed by atoms with Gasteiger partial charge in [0.1, 0.15) is 23.4 Å². The van der Waals surface area contributed by atoms with Gasteiger partial charge in [-0.2, -0.15) is 0 Å². The standard InChI is InChI=1S/C38H49N7O8S3/c1-22(2)33-40-29(21-54-33)28-18-31(26-12-13-27(42-55(6,49)50)23(3)32(26)39-28)53-25-17-30-34(46)44(5)16-10-8-7-9-11-24-19-38(24,41-36(48)45(30)20-25)35(47)43-56(51,52)37(4)14-15-37/h9,11-13,18,21-22,24-25,30,42H,7-8,10,14-17,19-20H2,1-6H3,(H,41,48)(H,43,47)/b11-9-/t24-,25+,30+,38-/m1/s1. The molecule has 4 amide bonds. The Morgan fingerprint density at radius 2 is 1.86 bits per heavy atom. The summed E-state index contributed by atoms with van der Waals surface area (Å²) >= 11 is 1.51. The topological polar surface area (TPSA) is 197 Å². The van der Waals surface area contributed by atoms with Crippen LogP contribution in [0.2, 0.25) is 0 Å². The van der Waals surface area contributed by atoms with Crippen molar-refractivity contribution in [2.24, 2.45) is 5.92 Å². The highest BCUT2D eigenvalue weighted by Crippen LogP contribution is 2.48. The van der Waals surface area contributed by atoms with E-state index in [0.717, 1.165) is 24.1 Å². The van der Waals surface area contributed by atoms with Crippen molar-refractivity contribution < 1.29 is 36.0 Å². The van der Waals surface area contributed by atoms with E-state index in [4.69, 9.17) is 14.7 Å². The maximum Gasteiger partial charge on any atom is 0.319 e. The van der Waals surface area contributed by atoms with Crippen LogP contribution in [0.5, 0.6) is 5.75 Å². The number of pyridine rings is 1. The quantitative estimate of drug-likeness (QED) is 0.256. The lowest BCUT2D eigenvalue weighted by Gasteiger charge is -2.30. The summed E-state index contributed by atoms with van der Waals surface area (Å²) in [6.07, 6.45) is 7.71. The van der Waals surface area contributed by atoms with Gasteiger partial charge in [-0.3, -0.25) is 19.0 Å². The molecule has 1 saturated heterocycles. The Bertz CT molecular complexity index is 2340. The smallest absolute Gasteiger partial charge is 0.319 e. The molecule has 3 aromatic rings. The van der Waals surface area contributed by atoms with Crippen LogP contribution in [0, 0.1) is 12.8 Å². The Kier molecular flexibility index (Phi) is 10.4. The summed E-state index contributed by atoms with van der Waals surface area (Å²) in [4.78, 5) is 54.9. The van der Waals surface area contributed by atoms with Crippen LogP contribution in [-0.4, -0.2) is 103 Å². The number of thiazole rings is 1. The molecule has 2 aliphatic carbocycles. The number of benzene rings is 1. The number of likely N-dealkylation sites (N-methyl/N-ethyl adjacent to an activating group) is 1. The van der Waals surface area contributed by atoms with Crippen LogP contribution in [-0.2, 0) is 29.6 Å². The lowest BCUT2D eigenvalue weighted by Crippen LogP contribution is -2.58. The fourth-order valence-electron chi connectivity index (χ4n) is 7.39. The minimum Gasteiger partial charge on any atom is -0.488 e. The first-order valence-electron chi connectivity index (χ1n) is 18.9. The highest BCUT2D eigenvalue weighted by Gasteiger charge is 2.63. The van der Waals surface area contributed by atoms with Crippen LogP contribution >= 0.6 is 11.3 Å². The zero-order chi connectivity index (χ0) is 40.4. The zero-order valence-corrected chi connectivity index (χ0v) is 34.9. The molecule has 18 heteroatoms. The predicted molar refractivity (Wildman–Crippen MR) is 214 cm³/mol. The van der Waals surface area contributed by atoms with Crippen LogP contribution in [0.3, 0.4) is 0 Å². The van der Waals surface area contributed by atoms with Crippen LogP contribution in [0.25, 0.3) is 22.3 Å². The molecule has 4 atom stereocenters. The van der Waals surface area contributed by atoms with E-state index in [9.17, 15) is 31.2 Å². The number of aryl methyl sites for hydroxylation is 1. The highest BCUT2D eigenvalue weighted by molar-refractivity contribution is 7.92. The molecule has 0 spiro atoms. The maximum atomic E-state index is 14.3. The van der Waals surface area contributed by atoms with Crippen molar-refractivity contribution >= 4 is 65.8 Å². The Hall–Kier alpha value is -4.29. The van der Waals surface area contributed by atoms with Crippen LogP contribution < -0.4 is 19.5 Å². The molecule has 56 heavy (non-hydrogen) atoms. The molecular formula is C38H49N7O8S3. The van der Waals surface area contributed by atoms with E-state index < -0.39 is 60.3 Å². The number of hydrogen-bond acceptors (Lipinski definition) is 11. The van der Waals surface area contributed by atoms with Gasteiger partial charge in [0, 0.05) is 48.7 Å². The van der Waals surface area contributed by atoms with Crippen LogP contribution in [0.15, 0.2) is 35.7 Å². The summed E-state index contributed by atoms with van der Waals surface area (Å²) in [5, 5.41) is 6.30. The third-order valence-electron chi connectivity index (χ3n) is 11.3. The lowest BCUT2D eigenvalue weighted by atomic mass is 10.1. The van der Waals surface area contributed by atoms with E-state index in [-0.39, 0.29) is 31.2 Å². The molecule has 3 N–H and O–H groups in total. The number of sulfonamides is 2. The minimum atomic E-state index is -3.97. The third kappa shape index (κ3) is 7.83. The second-order valence-corrected chi connectivity index (χ2v) is 21.0. The number of allylic oxidation sites excluding steroid dienone is 1. The second kappa shape index (κ2) is 14.6. The van der Waals surface area contributed by atoms with Gasteiger partial charge in [0.15, 0.2) is 0 Å². The minimum absolute atomic E-state index is 0.00922. The van der Waals surface area contributed by atoms with E-state index in [2.05, 4.69) is 14.8 Å². The van der Waals surface area contributed by atoms with Crippen molar-refractivity contribution in [3.8, 4) is 17.1 Å². The van der Waals surface area contributed by atoms with Crippen molar-refractivity contribution in [1.82, 2.24) is 29.8 Å². The van der Waals surface area contributed by atoms with Crippen molar-refractivity contribution in [3.05, 3.63) is 46.3 Å². The number of anilines is 1. The SMILES string of the molecule is Cc1c(NS(C)(=O)=O)ccc2c(O[C@H]3C[C@H]4C(=O)N(C)CCCC/C=C\[C@@H]5C[C@@]5(C(=O)NS(=O)(=O)C5(C)CC5)NC(=O)N4C3)cc(-c3csc(C(C)C)n3)nc12. The molecule has 4 heterocycles. The summed E-state index contributed by atoms with van der Waals surface area (Å²) in [5.41, 5.74) is 1.07. The van der Waals surface area contributed by atoms with Gasteiger partial charge in [-0.1, -0.05) is 26.0 Å². The average molecular weight is 828 g/mol. The number of rotatable bonds is 9. The largest absolute Gasteiger partial charge is 0.488 e. The van der Waals surface area contributed by atoms with E-state index in [1.54, 1.807) is 44.0 Å². The zero-order valence-electron chi connectivity index (χ0n) is 32.4. The Labute approximate surface area is 331 Å². The molecule has 2 saturated carbocycles. The number of carbonyl (C=O) groups excluding carboxylic acids is 3. The number of amides is 4. The third-order valence-corrected chi connectivity index (χ3v) is 15.2. The molecule has 0 radical (unpaired) electrons. The predicted octanol–water partition coefficient (Wildman–Crippen LogP) is 4.65. The van der Waals surface area contributed by atoms with Gasteiger partial charge < -0.3 is 19.9 Å². The van der Waals surface area contributed by atoms with E-state index in [1.807, 2.05) is 31.4 Å². The molecule has 3 fully saturated rings. The van der Waals surface area contributed by atoms with Gasteiger partial charge in [-0.25, -0.2) is 31.6 Å². The van der Waals surface area contributed by atoms with Gasteiger partial charge in [0.2, 0.25) is 26.0 Å². The molecule has 0 unspecified atom stereocenters. The number of urea groups is 1. The van der Waals surface area contributed by atoms with Crippen LogP contribution in [0.1, 0.15) is 82.2 Å². The summed E-state index contributed by atoms with van der Waals surface area (Å²) in [7, 11) is -5.86. The number of carbonyl (C=O) groups is 3. The van der Waals surface area contributed by atoms with Crippen molar-refractivity contribution in [1.29, 1.82) is 0 Å². The number of nitrogens with one attached hydrogen (secondary N) is 3.